The molecular weight excluding hydrogens is 247 g/mol. The van der Waals surface area contributed by atoms with Crippen molar-refractivity contribution in [1.82, 2.24) is 0 Å². The van der Waals surface area contributed by atoms with Gasteiger partial charge in [-0.1, -0.05) is 32.1 Å². The summed E-state index contributed by atoms with van der Waals surface area (Å²) in [4.78, 5) is 0. The molecule has 0 radical (unpaired) electrons. The first-order valence-corrected chi connectivity index (χ1v) is 8.56. The fourth-order valence-electron chi connectivity index (χ4n) is 2.77. The van der Waals surface area contributed by atoms with Gasteiger partial charge in [-0.05, 0) is 31.4 Å². The summed E-state index contributed by atoms with van der Waals surface area (Å²) in [7, 11) is -3.02. The summed E-state index contributed by atoms with van der Waals surface area (Å²) >= 11 is 0. The molecule has 1 aliphatic carbocycles. The van der Waals surface area contributed by atoms with E-state index in [2.05, 4.69) is 0 Å². The summed E-state index contributed by atoms with van der Waals surface area (Å²) in [5, 5.41) is 0. The van der Waals surface area contributed by atoms with Crippen LogP contribution in [0.5, 0.6) is 0 Å². The van der Waals surface area contributed by atoms with Crippen molar-refractivity contribution < 1.29 is 13.6 Å². The van der Waals surface area contributed by atoms with Gasteiger partial charge in [-0.25, -0.2) is 4.57 Å². The van der Waals surface area contributed by atoms with Crippen LogP contribution in [0.25, 0.3) is 0 Å². The molecule has 1 atom stereocenters. The van der Waals surface area contributed by atoms with Crippen molar-refractivity contribution in [2.24, 2.45) is 5.92 Å². The van der Waals surface area contributed by atoms with E-state index in [1.165, 1.54) is 32.1 Å². The molecule has 3 nitrogen and oxygen atoms in total. The molecule has 18 heavy (non-hydrogen) atoms. The van der Waals surface area contributed by atoms with Gasteiger partial charge in [0, 0.05) is 12.2 Å². The summed E-state index contributed by atoms with van der Waals surface area (Å²) in [6, 6.07) is 0. The van der Waals surface area contributed by atoms with Crippen LogP contribution in [0, 0.1) is 5.92 Å². The molecule has 0 aromatic heterocycles. The maximum absolute atomic E-state index is 12.3. The minimum absolute atomic E-state index is 0.414. The van der Waals surface area contributed by atoms with Crippen molar-refractivity contribution in [3.05, 3.63) is 23.2 Å². The Hall–Kier alpha value is -0.530. The Morgan fingerprint density at radius 3 is 2.78 bits per heavy atom. The van der Waals surface area contributed by atoms with Gasteiger partial charge in [-0.15, -0.1) is 0 Å². The van der Waals surface area contributed by atoms with Crippen molar-refractivity contribution in [1.29, 1.82) is 0 Å². The minimum Gasteiger partial charge on any atom is -0.426 e. The van der Waals surface area contributed by atoms with E-state index in [-0.39, 0.29) is 0 Å². The first kappa shape index (κ1) is 13.9. The lowest BCUT2D eigenvalue weighted by Crippen LogP contribution is -2.09. The lowest BCUT2D eigenvalue weighted by molar-refractivity contribution is 0.238. The number of hydrogen-bond donors (Lipinski definition) is 0. The van der Waals surface area contributed by atoms with E-state index in [1.807, 2.05) is 19.9 Å². The molecule has 1 heterocycles. The average Bonchev–Trinajstić information content (AvgIpc) is 2.28. The van der Waals surface area contributed by atoms with Gasteiger partial charge < -0.3 is 4.52 Å². The lowest BCUT2D eigenvalue weighted by Gasteiger charge is -2.26. The second-order valence-electron chi connectivity index (χ2n) is 5.24. The largest absolute Gasteiger partial charge is 0.426 e. The fourth-order valence-corrected chi connectivity index (χ4v) is 4.34. The van der Waals surface area contributed by atoms with E-state index in [0.29, 0.717) is 12.5 Å². The number of hydrogen-bond acceptors (Lipinski definition) is 3. The molecule has 0 saturated heterocycles. The molecule has 1 unspecified atom stereocenters. The van der Waals surface area contributed by atoms with Crippen LogP contribution in [0.2, 0.25) is 0 Å². The van der Waals surface area contributed by atoms with Gasteiger partial charge in [0.05, 0.1) is 6.61 Å². The third kappa shape index (κ3) is 3.73. The predicted octanol–water partition coefficient (Wildman–Crippen LogP) is 5.00. The molecule has 0 aromatic carbocycles. The van der Waals surface area contributed by atoms with Crippen molar-refractivity contribution in [2.45, 2.75) is 52.4 Å². The molecule has 1 fully saturated rings. The van der Waals surface area contributed by atoms with Crippen LogP contribution < -0.4 is 0 Å². The molecule has 0 amide bonds. The highest BCUT2D eigenvalue weighted by Gasteiger charge is 2.28. The van der Waals surface area contributed by atoms with Crippen molar-refractivity contribution >= 4 is 7.60 Å². The van der Waals surface area contributed by atoms with Crippen molar-refractivity contribution in [3.8, 4) is 0 Å². The normalized spacial score (nSPS) is 29.4. The standard InChI is InChI=1S/C14H23O3P/c1-3-16-18(15)11-12(2)9-14(17-18)10-13-7-5-4-6-8-13/h9,11,13H,3-8,10H2,1-2H3. The molecule has 0 aromatic rings. The van der Waals surface area contributed by atoms with Gasteiger partial charge in [0.2, 0.25) is 0 Å². The Morgan fingerprint density at radius 2 is 2.11 bits per heavy atom. The van der Waals surface area contributed by atoms with E-state index >= 15 is 0 Å². The van der Waals surface area contributed by atoms with Gasteiger partial charge in [0.1, 0.15) is 5.76 Å². The number of allylic oxidation sites excluding steroid dienone is 3. The zero-order valence-corrected chi connectivity index (χ0v) is 12.2. The second kappa shape index (κ2) is 6.08. The summed E-state index contributed by atoms with van der Waals surface area (Å²) in [6.07, 6.45) is 9.43. The van der Waals surface area contributed by atoms with Crippen molar-refractivity contribution in [3.63, 3.8) is 0 Å². The Bertz CT molecular complexity index is 392. The lowest BCUT2D eigenvalue weighted by atomic mass is 9.86. The molecule has 0 spiro atoms. The van der Waals surface area contributed by atoms with Crippen LogP contribution in [-0.4, -0.2) is 6.61 Å². The molecule has 1 aliphatic heterocycles. The topological polar surface area (TPSA) is 35.5 Å². The van der Waals surface area contributed by atoms with E-state index in [1.54, 1.807) is 5.82 Å². The Balaban J connectivity index is 2.00. The molecule has 4 heteroatoms. The highest BCUT2D eigenvalue weighted by molar-refractivity contribution is 7.57. The molecule has 2 aliphatic rings. The first-order chi connectivity index (χ1) is 8.61. The van der Waals surface area contributed by atoms with Crippen LogP contribution in [0.15, 0.2) is 23.2 Å². The van der Waals surface area contributed by atoms with Crippen LogP contribution >= 0.6 is 7.60 Å². The van der Waals surface area contributed by atoms with E-state index in [4.69, 9.17) is 9.05 Å². The smallest absolute Gasteiger partial charge is 0.403 e. The Kier molecular flexibility index (Phi) is 4.69. The van der Waals surface area contributed by atoms with Gasteiger partial charge in [-0.2, -0.15) is 0 Å². The molecular formula is C14H23O3P. The average molecular weight is 270 g/mol. The molecule has 102 valence electrons. The van der Waals surface area contributed by atoms with Gasteiger partial charge in [0.15, 0.2) is 0 Å². The minimum atomic E-state index is -3.02. The van der Waals surface area contributed by atoms with Crippen LogP contribution in [0.3, 0.4) is 0 Å². The molecule has 0 bridgehead atoms. The number of rotatable bonds is 4. The highest BCUT2D eigenvalue weighted by atomic mass is 31.2. The van der Waals surface area contributed by atoms with Gasteiger partial charge >= 0.3 is 7.60 Å². The monoisotopic (exact) mass is 270 g/mol. The fraction of sp³-hybridized carbons (Fsp3) is 0.714. The van der Waals surface area contributed by atoms with Crippen LogP contribution in [0.1, 0.15) is 52.4 Å². The SMILES string of the molecule is CCOP1(=O)C=C(C)C=C(CC2CCCCC2)O1. The van der Waals surface area contributed by atoms with Gasteiger partial charge in [-0.3, -0.25) is 4.52 Å². The molecule has 2 rings (SSSR count). The maximum atomic E-state index is 12.3. The molecule has 0 N–H and O–H groups in total. The molecule has 1 saturated carbocycles. The second-order valence-corrected chi connectivity index (χ2v) is 7.02. The summed E-state index contributed by atoms with van der Waals surface area (Å²) in [5.41, 5.74) is 0.990. The van der Waals surface area contributed by atoms with Gasteiger partial charge in [0.25, 0.3) is 0 Å². The van der Waals surface area contributed by atoms with Crippen LogP contribution in [-0.2, 0) is 13.6 Å². The highest BCUT2D eigenvalue weighted by Crippen LogP contribution is 2.55. The van der Waals surface area contributed by atoms with Crippen molar-refractivity contribution in [2.75, 3.05) is 6.61 Å². The van der Waals surface area contributed by atoms with E-state index in [9.17, 15) is 4.57 Å². The maximum Gasteiger partial charge on any atom is 0.403 e. The quantitative estimate of drug-likeness (QED) is 0.674. The predicted molar refractivity (Wildman–Crippen MR) is 73.3 cm³/mol. The third-order valence-corrected chi connectivity index (χ3v) is 5.35. The zero-order chi connectivity index (χ0) is 13.0. The first-order valence-electron chi connectivity index (χ1n) is 6.95. The van der Waals surface area contributed by atoms with E-state index in [0.717, 1.165) is 17.8 Å². The summed E-state index contributed by atoms with van der Waals surface area (Å²) in [6.45, 7) is 4.21. The zero-order valence-electron chi connectivity index (χ0n) is 11.4. The third-order valence-electron chi connectivity index (χ3n) is 3.52. The Labute approximate surface area is 110 Å². The van der Waals surface area contributed by atoms with E-state index < -0.39 is 7.60 Å². The van der Waals surface area contributed by atoms with Crippen LogP contribution in [0.4, 0.5) is 0 Å². The summed E-state index contributed by atoms with van der Waals surface area (Å²) in [5.74, 6) is 3.16. The Morgan fingerprint density at radius 1 is 1.39 bits per heavy atom. The summed E-state index contributed by atoms with van der Waals surface area (Å²) < 4.78 is 23.2.